The predicted octanol–water partition coefficient (Wildman–Crippen LogP) is 2.24. The van der Waals surface area contributed by atoms with E-state index in [0.717, 1.165) is 18.5 Å². The van der Waals surface area contributed by atoms with Gasteiger partial charge in [-0.1, -0.05) is 41.6 Å². The average molecular weight is 363 g/mol. The van der Waals surface area contributed by atoms with Crippen LogP contribution in [0.4, 0.5) is 0 Å². The predicted molar refractivity (Wildman–Crippen MR) is 99.6 cm³/mol. The Labute approximate surface area is 157 Å². The molecule has 0 radical (unpaired) electrons. The van der Waals surface area contributed by atoms with E-state index in [1.165, 1.54) is 0 Å². The molecule has 1 saturated heterocycles. The molecule has 0 saturated carbocycles. The first-order chi connectivity index (χ1) is 13.2. The molecule has 4 rings (SSSR count). The van der Waals surface area contributed by atoms with Gasteiger partial charge < -0.3 is 9.84 Å². The summed E-state index contributed by atoms with van der Waals surface area (Å²) in [7, 11) is 2.00. The number of rotatable bonds is 5. The first-order valence-corrected chi connectivity index (χ1v) is 8.97. The van der Waals surface area contributed by atoms with E-state index in [-0.39, 0.29) is 18.0 Å². The van der Waals surface area contributed by atoms with Crippen LogP contribution in [0.5, 0.6) is 0 Å². The van der Waals surface area contributed by atoms with Crippen LogP contribution < -0.4 is 5.32 Å². The Bertz CT molecular complexity index is 897. The summed E-state index contributed by atoms with van der Waals surface area (Å²) in [5, 5.41) is 7.16. The van der Waals surface area contributed by atoms with Crippen LogP contribution in [0.25, 0.3) is 11.5 Å². The van der Waals surface area contributed by atoms with Gasteiger partial charge in [0.25, 0.3) is 0 Å². The van der Waals surface area contributed by atoms with Crippen LogP contribution in [0.3, 0.4) is 0 Å². The summed E-state index contributed by atoms with van der Waals surface area (Å²) in [4.78, 5) is 23.2. The van der Waals surface area contributed by atoms with Gasteiger partial charge in [-0.3, -0.25) is 14.7 Å². The molecular weight excluding hydrogens is 342 g/mol. The van der Waals surface area contributed by atoms with E-state index < -0.39 is 0 Å². The van der Waals surface area contributed by atoms with Gasteiger partial charge in [0.1, 0.15) is 5.69 Å². The number of carbonyl (C=O) groups excluding carboxylic acids is 1. The number of aromatic nitrogens is 3. The zero-order chi connectivity index (χ0) is 18.6. The molecule has 1 amide bonds. The number of nitrogens with one attached hydrogen (secondary N) is 1. The minimum Gasteiger partial charge on any atom is -0.352 e. The van der Waals surface area contributed by atoms with Crippen molar-refractivity contribution in [2.24, 2.45) is 0 Å². The molecule has 3 aromatic rings. The summed E-state index contributed by atoms with van der Waals surface area (Å²) in [6, 6.07) is 15.4. The van der Waals surface area contributed by atoms with E-state index in [1.807, 2.05) is 55.6 Å². The van der Waals surface area contributed by atoms with Gasteiger partial charge in [-0.15, -0.1) is 0 Å². The van der Waals surface area contributed by atoms with E-state index in [0.29, 0.717) is 23.8 Å². The zero-order valence-corrected chi connectivity index (χ0v) is 15.1. The molecule has 0 spiro atoms. The number of likely N-dealkylation sites (tertiary alicyclic amines) is 1. The molecular formula is C20H21N5O2. The first kappa shape index (κ1) is 17.4. The Balaban J connectivity index is 1.38. The number of hydrogen-bond acceptors (Lipinski definition) is 6. The molecule has 7 heteroatoms. The maximum absolute atomic E-state index is 12.3. The lowest BCUT2D eigenvalue weighted by Crippen LogP contribution is -2.37. The smallest absolute Gasteiger partial charge is 0.244 e. The van der Waals surface area contributed by atoms with Gasteiger partial charge in [0.05, 0.1) is 12.5 Å². The van der Waals surface area contributed by atoms with Crippen molar-refractivity contribution in [3.63, 3.8) is 0 Å². The highest BCUT2D eigenvalue weighted by Gasteiger charge is 2.35. The maximum Gasteiger partial charge on any atom is 0.244 e. The highest BCUT2D eigenvalue weighted by molar-refractivity contribution is 5.78. The number of likely N-dealkylation sites (N-methyl/N-ethyl adjacent to an activating group) is 1. The Hall–Kier alpha value is -3.06. The van der Waals surface area contributed by atoms with Crippen molar-refractivity contribution in [2.75, 3.05) is 13.6 Å². The minimum absolute atomic E-state index is 0.0167. The molecule has 27 heavy (non-hydrogen) atoms. The van der Waals surface area contributed by atoms with E-state index in [1.54, 1.807) is 6.20 Å². The van der Waals surface area contributed by atoms with E-state index in [2.05, 4.69) is 25.3 Å². The van der Waals surface area contributed by atoms with Crippen LogP contribution >= 0.6 is 0 Å². The number of pyridine rings is 1. The Kier molecular flexibility index (Phi) is 4.93. The Morgan fingerprint density at radius 2 is 2.04 bits per heavy atom. The van der Waals surface area contributed by atoms with Crippen molar-refractivity contribution in [3.05, 3.63) is 66.2 Å². The van der Waals surface area contributed by atoms with Gasteiger partial charge in [-0.25, -0.2) is 0 Å². The molecule has 1 fully saturated rings. The monoisotopic (exact) mass is 363 g/mol. The summed E-state index contributed by atoms with van der Waals surface area (Å²) in [5.74, 6) is 1.06. The van der Waals surface area contributed by atoms with E-state index >= 15 is 0 Å². The number of carbonyl (C=O) groups is 1. The van der Waals surface area contributed by atoms with Crippen molar-refractivity contribution in [3.8, 4) is 11.5 Å². The topological polar surface area (TPSA) is 84.2 Å². The second kappa shape index (κ2) is 7.67. The number of amides is 1. The maximum atomic E-state index is 12.3. The quantitative estimate of drug-likeness (QED) is 0.748. The van der Waals surface area contributed by atoms with Gasteiger partial charge in [0.15, 0.2) is 0 Å². The standard InChI is InChI=1S/C20H21N5O2/c1-25-13-15(22-18(26)11-14-7-3-2-4-8-14)12-17(25)20-23-19(24-27-20)16-9-5-6-10-21-16/h2-10,15,17H,11-13H2,1H3,(H,22,26)/t15-,17-/m0/s1. The van der Waals surface area contributed by atoms with Gasteiger partial charge in [0, 0.05) is 18.8 Å². The van der Waals surface area contributed by atoms with Crippen molar-refractivity contribution >= 4 is 5.91 Å². The van der Waals surface area contributed by atoms with Crippen LogP contribution in [-0.2, 0) is 11.2 Å². The molecule has 1 N–H and O–H groups in total. The number of hydrogen-bond donors (Lipinski definition) is 1. The van der Waals surface area contributed by atoms with E-state index in [9.17, 15) is 4.79 Å². The second-order valence-electron chi connectivity index (χ2n) is 6.79. The SMILES string of the molecule is CN1C[C@@H](NC(=O)Cc2ccccc2)C[C@H]1c1nc(-c2ccccn2)no1. The summed E-state index contributed by atoms with van der Waals surface area (Å²) in [6.45, 7) is 0.743. The third-order valence-electron chi connectivity index (χ3n) is 4.74. The molecule has 1 aromatic carbocycles. The zero-order valence-electron chi connectivity index (χ0n) is 15.1. The van der Waals surface area contributed by atoms with Crippen LogP contribution in [0.15, 0.2) is 59.3 Å². The second-order valence-corrected chi connectivity index (χ2v) is 6.79. The first-order valence-electron chi connectivity index (χ1n) is 8.97. The lowest BCUT2D eigenvalue weighted by molar-refractivity contribution is -0.121. The van der Waals surface area contributed by atoms with Crippen molar-refractivity contribution in [2.45, 2.75) is 24.9 Å². The molecule has 138 valence electrons. The molecule has 3 heterocycles. The highest BCUT2D eigenvalue weighted by atomic mass is 16.5. The van der Waals surface area contributed by atoms with Crippen molar-refractivity contribution in [1.82, 2.24) is 25.3 Å². The third-order valence-corrected chi connectivity index (χ3v) is 4.74. The average Bonchev–Trinajstić information content (AvgIpc) is 3.30. The molecule has 0 aliphatic carbocycles. The molecule has 1 aliphatic heterocycles. The lowest BCUT2D eigenvalue weighted by Gasteiger charge is -2.14. The van der Waals surface area contributed by atoms with E-state index in [4.69, 9.17) is 4.52 Å². The lowest BCUT2D eigenvalue weighted by atomic mass is 10.1. The molecule has 0 bridgehead atoms. The molecule has 0 unspecified atom stereocenters. The largest absolute Gasteiger partial charge is 0.352 e. The molecule has 7 nitrogen and oxygen atoms in total. The van der Waals surface area contributed by atoms with Gasteiger partial charge in [0.2, 0.25) is 17.6 Å². The molecule has 2 aromatic heterocycles. The van der Waals surface area contributed by atoms with Crippen LogP contribution in [0.2, 0.25) is 0 Å². The van der Waals surface area contributed by atoms with Crippen LogP contribution in [0, 0.1) is 0 Å². The summed E-state index contributed by atoms with van der Waals surface area (Å²) < 4.78 is 5.47. The number of benzene rings is 1. The Morgan fingerprint density at radius 3 is 2.81 bits per heavy atom. The summed E-state index contributed by atoms with van der Waals surface area (Å²) in [6.07, 6.45) is 2.82. The fourth-order valence-corrected chi connectivity index (χ4v) is 3.42. The fraction of sp³-hybridized carbons (Fsp3) is 0.300. The normalized spacial score (nSPS) is 19.9. The van der Waals surface area contributed by atoms with Crippen LogP contribution in [-0.4, -0.2) is 45.6 Å². The summed E-state index contributed by atoms with van der Waals surface area (Å²) in [5.41, 5.74) is 1.69. The molecule has 1 aliphatic rings. The fourth-order valence-electron chi connectivity index (χ4n) is 3.42. The Morgan fingerprint density at radius 1 is 1.22 bits per heavy atom. The van der Waals surface area contributed by atoms with Crippen molar-refractivity contribution < 1.29 is 9.32 Å². The third kappa shape index (κ3) is 4.03. The molecule has 2 atom stereocenters. The van der Waals surface area contributed by atoms with Gasteiger partial charge >= 0.3 is 0 Å². The highest BCUT2D eigenvalue weighted by Crippen LogP contribution is 2.30. The van der Waals surface area contributed by atoms with Crippen LogP contribution in [0.1, 0.15) is 23.9 Å². The number of nitrogens with zero attached hydrogens (tertiary/aromatic N) is 4. The summed E-state index contributed by atoms with van der Waals surface area (Å²) >= 11 is 0. The van der Waals surface area contributed by atoms with Crippen molar-refractivity contribution in [1.29, 1.82) is 0 Å². The minimum atomic E-state index is -0.0167. The van der Waals surface area contributed by atoms with Gasteiger partial charge in [-0.2, -0.15) is 4.98 Å². The van der Waals surface area contributed by atoms with Gasteiger partial charge in [-0.05, 0) is 31.2 Å².